The van der Waals surface area contributed by atoms with Crippen LogP contribution >= 0.6 is 0 Å². The third kappa shape index (κ3) is 4.98. The number of hydrogen-bond donors (Lipinski definition) is 0. The molecule has 5 rings (SSSR count). The maximum absolute atomic E-state index is 13.2. The quantitative estimate of drug-likeness (QED) is 0.175. The first-order valence-corrected chi connectivity index (χ1v) is 13.1. The highest BCUT2D eigenvalue weighted by Crippen LogP contribution is 2.44. The molecule has 4 aromatic rings. The van der Waals surface area contributed by atoms with Crippen molar-refractivity contribution < 1.29 is 14.3 Å². The summed E-state index contributed by atoms with van der Waals surface area (Å²) in [7, 11) is 0. The van der Waals surface area contributed by atoms with E-state index in [9.17, 15) is 9.59 Å². The van der Waals surface area contributed by atoms with E-state index in [1.165, 1.54) is 0 Å². The van der Waals surface area contributed by atoms with Crippen LogP contribution in [0.15, 0.2) is 115 Å². The average molecular weight is 505 g/mol. The number of likely N-dealkylation sites (tertiary alicyclic amines) is 1. The Morgan fingerprint density at radius 3 is 1.92 bits per heavy atom. The number of rotatable bonds is 8. The fourth-order valence-electron chi connectivity index (χ4n) is 5.49. The van der Waals surface area contributed by atoms with Crippen molar-refractivity contribution in [2.45, 2.75) is 25.4 Å². The summed E-state index contributed by atoms with van der Waals surface area (Å²) in [6.45, 7) is 3.34. The summed E-state index contributed by atoms with van der Waals surface area (Å²) >= 11 is 0. The number of piperidine rings is 1. The van der Waals surface area contributed by atoms with E-state index in [4.69, 9.17) is 4.74 Å². The number of carbonyl (C=O) groups is 2. The molecule has 3 aromatic carbocycles. The third-order valence-corrected chi connectivity index (χ3v) is 7.17. The standard InChI is InChI=1S/C33H32N2O3/c1-2-38-32(37)25-34-21-12-19-30(34)23-26-24-35(22-20-31(26)36)33(27-13-6-3-7-14-27,28-15-8-4-9-16-28)29-17-10-5-11-18-29/h3-19,21,23H,2,20,22,24-25H2,1H3/b26-23+. The highest BCUT2D eigenvalue weighted by atomic mass is 16.5. The second-order valence-corrected chi connectivity index (χ2v) is 9.44. The summed E-state index contributed by atoms with van der Waals surface area (Å²) in [6, 6.07) is 35.4. The third-order valence-electron chi connectivity index (χ3n) is 7.17. The number of hydrogen-bond acceptors (Lipinski definition) is 4. The van der Waals surface area contributed by atoms with E-state index in [-0.39, 0.29) is 18.3 Å². The topological polar surface area (TPSA) is 51.5 Å². The molecule has 0 aliphatic carbocycles. The molecule has 2 heterocycles. The molecule has 0 radical (unpaired) electrons. The van der Waals surface area contributed by atoms with Gasteiger partial charge < -0.3 is 9.30 Å². The smallest absolute Gasteiger partial charge is 0.325 e. The molecule has 1 saturated heterocycles. The van der Waals surface area contributed by atoms with Crippen LogP contribution in [-0.4, -0.2) is 40.9 Å². The highest BCUT2D eigenvalue weighted by molar-refractivity contribution is 6.00. The summed E-state index contributed by atoms with van der Waals surface area (Å²) in [5.41, 5.74) is 4.40. The molecule has 38 heavy (non-hydrogen) atoms. The summed E-state index contributed by atoms with van der Waals surface area (Å²) in [5.74, 6) is -0.163. The fraction of sp³-hybridized carbons (Fsp3) is 0.212. The van der Waals surface area contributed by atoms with Crippen molar-refractivity contribution in [3.63, 3.8) is 0 Å². The van der Waals surface area contributed by atoms with Gasteiger partial charge in [-0.1, -0.05) is 91.0 Å². The van der Waals surface area contributed by atoms with Crippen LogP contribution in [-0.2, 0) is 26.4 Å². The number of benzene rings is 3. The summed E-state index contributed by atoms with van der Waals surface area (Å²) < 4.78 is 6.96. The van der Waals surface area contributed by atoms with Crippen molar-refractivity contribution in [2.24, 2.45) is 0 Å². The molecule has 0 saturated carbocycles. The van der Waals surface area contributed by atoms with Gasteiger partial charge in [0.05, 0.1) is 12.1 Å². The molecule has 1 aliphatic rings. The molecule has 1 aromatic heterocycles. The van der Waals surface area contributed by atoms with Gasteiger partial charge >= 0.3 is 5.97 Å². The Balaban J connectivity index is 1.61. The Morgan fingerprint density at radius 1 is 0.842 bits per heavy atom. The minimum atomic E-state index is -0.587. The number of nitrogens with zero attached hydrogens (tertiary/aromatic N) is 2. The van der Waals surface area contributed by atoms with Crippen molar-refractivity contribution in [1.29, 1.82) is 0 Å². The summed E-state index contributed by atoms with van der Waals surface area (Å²) in [4.78, 5) is 27.8. The van der Waals surface area contributed by atoms with E-state index in [1.54, 1.807) is 6.92 Å². The molecule has 0 bridgehead atoms. The summed E-state index contributed by atoms with van der Waals surface area (Å²) in [5, 5.41) is 0. The van der Waals surface area contributed by atoms with Crippen LogP contribution in [0.2, 0.25) is 0 Å². The molecule has 1 aliphatic heterocycles. The van der Waals surface area contributed by atoms with Crippen molar-refractivity contribution in [1.82, 2.24) is 9.47 Å². The monoisotopic (exact) mass is 504 g/mol. The Bertz CT molecular complexity index is 1310. The molecule has 0 amide bonds. The van der Waals surface area contributed by atoms with E-state index in [0.29, 0.717) is 26.1 Å². The van der Waals surface area contributed by atoms with Crippen LogP contribution < -0.4 is 0 Å². The zero-order valence-electron chi connectivity index (χ0n) is 21.6. The van der Waals surface area contributed by atoms with Gasteiger partial charge in [0.25, 0.3) is 0 Å². The number of esters is 1. The second-order valence-electron chi connectivity index (χ2n) is 9.44. The van der Waals surface area contributed by atoms with Gasteiger partial charge in [0, 0.05) is 37.0 Å². The number of ether oxygens (including phenoxy) is 1. The minimum absolute atomic E-state index is 0.111. The largest absolute Gasteiger partial charge is 0.465 e. The lowest BCUT2D eigenvalue weighted by Gasteiger charge is -2.47. The average Bonchev–Trinajstić information content (AvgIpc) is 3.39. The molecule has 0 spiro atoms. The Morgan fingerprint density at radius 2 is 1.39 bits per heavy atom. The molecular formula is C33H32N2O3. The van der Waals surface area contributed by atoms with Gasteiger partial charge in [-0.25, -0.2) is 0 Å². The molecular weight excluding hydrogens is 472 g/mol. The lowest BCUT2D eigenvalue weighted by molar-refractivity contribution is -0.143. The first kappa shape index (κ1) is 25.4. The number of aromatic nitrogens is 1. The number of carbonyl (C=O) groups excluding carboxylic acids is 2. The molecule has 0 N–H and O–H groups in total. The van der Waals surface area contributed by atoms with Gasteiger partial charge in [0.15, 0.2) is 5.78 Å². The number of Topliss-reactive ketones (excluding diaryl/α,β-unsaturated/α-hetero) is 1. The molecule has 5 nitrogen and oxygen atoms in total. The second kappa shape index (κ2) is 11.4. The highest BCUT2D eigenvalue weighted by Gasteiger charge is 2.44. The van der Waals surface area contributed by atoms with Crippen LogP contribution in [0.25, 0.3) is 6.08 Å². The van der Waals surface area contributed by atoms with Gasteiger partial charge in [0.1, 0.15) is 6.54 Å². The zero-order valence-corrected chi connectivity index (χ0v) is 21.6. The van der Waals surface area contributed by atoms with E-state index in [2.05, 4.69) is 77.7 Å². The lowest BCUT2D eigenvalue weighted by atomic mass is 9.74. The van der Waals surface area contributed by atoms with E-state index in [1.807, 2.05) is 47.2 Å². The van der Waals surface area contributed by atoms with E-state index in [0.717, 1.165) is 28.0 Å². The van der Waals surface area contributed by atoms with Gasteiger partial charge in [-0.2, -0.15) is 0 Å². The molecule has 1 fully saturated rings. The first-order valence-electron chi connectivity index (χ1n) is 13.1. The van der Waals surface area contributed by atoms with Crippen LogP contribution in [0.5, 0.6) is 0 Å². The van der Waals surface area contributed by atoms with Crippen molar-refractivity contribution in [2.75, 3.05) is 19.7 Å². The lowest BCUT2D eigenvalue weighted by Crippen LogP contribution is -2.52. The minimum Gasteiger partial charge on any atom is -0.465 e. The van der Waals surface area contributed by atoms with Crippen molar-refractivity contribution >= 4 is 17.8 Å². The molecule has 5 heteroatoms. The molecule has 0 unspecified atom stereocenters. The van der Waals surface area contributed by atoms with Crippen LogP contribution in [0, 0.1) is 0 Å². The Hall–Kier alpha value is -4.22. The summed E-state index contributed by atoms with van der Waals surface area (Å²) in [6.07, 6.45) is 4.19. The maximum atomic E-state index is 13.2. The van der Waals surface area contributed by atoms with Crippen LogP contribution in [0.1, 0.15) is 35.7 Å². The van der Waals surface area contributed by atoms with Crippen LogP contribution in [0.4, 0.5) is 0 Å². The molecule has 192 valence electrons. The SMILES string of the molecule is CCOC(=O)Cn1cccc1/C=C1\CN(C(c2ccccc2)(c2ccccc2)c2ccccc2)CCC1=O. The van der Waals surface area contributed by atoms with E-state index < -0.39 is 5.54 Å². The first-order chi connectivity index (χ1) is 18.6. The van der Waals surface area contributed by atoms with Gasteiger partial charge in [-0.05, 0) is 41.8 Å². The van der Waals surface area contributed by atoms with E-state index >= 15 is 0 Å². The normalized spacial score (nSPS) is 15.5. The fourth-order valence-corrected chi connectivity index (χ4v) is 5.49. The maximum Gasteiger partial charge on any atom is 0.325 e. The molecule has 0 atom stereocenters. The van der Waals surface area contributed by atoms with Crippen molar-refractivity contribution in [3.8, 4) is 0 Å². The predicted molar refractivity (Wildman–Crippen MR) is 149 cm³/mol. The predicted octanol–water partition coefficient (Wildman–Crippen LogP) is 5.70. The number of ketones is 1. The Labute approximate surface area is 224 Å². The Kier molecular flexibility index (Phi) is 7.66. The van der Waals surface area contributed by atoms with Crippen molar-refractivity contribution in [3.05, 3.63) is 137 Å². The van der Waals surface area contributed by atoms with Gasteiger partial charge in [-0.3, -0.25) is 14.5 Å². The van der Waals surface area contributed by atoms with Gasteiger partial charge in [-0.15, -0.1) is 0 Å². The van der Waals surface area contributed by atoms with Gasteiger partial charge in [0.2, 0.25) is 0 Å². The zero-order chi connectivity index (χ0) is 26.4. The van der Waals surface area contributed by atoms with Crippen LogP contribution in [0.3, 0.4) is 0 Å².